The molecule has 15 rings (SSSR count). The molecule has 0 bridgehead atoms. The number of aliphatic hydroxyl groups excluding tert-OH is 2. The van der Waals surface area contributed by atoms with Crippen molar-refractivity contribution in [1.82, 2.24) is 0 Å². The van der Waals surface area contributed by atoms with Gasteiger partial charge in [-0.3, -0.25) is 9.59 Å². The first kappa shape index (κ1) is 34.8. The van der Waals surface area contributed by atoms with E-state index in [4.69, 9.17) is 0 Å². The van der Waals surface area contributed by atoms with Gasteiger partial charge in [-0.05, 0) is 218 Å². The smallest absolute Gasteiger partial charge is 0.194 e. The van der Waals surface area contributed by atoms with Crippen molar-refractivity contribution in [3.05, 3.63) is 223 Å². The second kappa shape index (κ2) is 12.0. The number of benzene rings is 9. The SMILES string of the molecule is O=c1c2ccc(-c3ccc4c(c3)-c3cc5c(cc3C4)-c3ccccc3C5)cc2c2cc3c(=O)c4ccc(-c5ccc6c(c5)-c5cc7c(cc5C6O)-c5ccccc5C7O)cc4c3cc12. The van der Waals surface area contributed by atoms with Gasteiger partial charge in [0.05, 0.1) is 0 Å². The molecule has 0 aromatic heterocycles. The first-order chi connectivity index (χ1) is 31.3. The van der Waals surface area contributed by atoms with Crippen LogP contribution in [0.4, 0.5) is 0 Å². The third-order valence-corrected chi connectivity index (χ3v) is 15.2. The maximum atomic E-state index is 14.2. The normalized spacial score (nSPS) is 16.0. The Balaban J connectivity index is 0.815. The highest BCUT2D eigenvalue weighted by atomic mass is 16.3. The minimum absolute atomic E-state index is 0.0234. The van der Waals surface area contributed by atoms with Gasteiger partial charge in [0.25, 0.3) is 0 Å². The molecular weight excluding hydrogens is 785 g/mol. The minimum Gasteiger partial charge on any atom is -0.384 e. The van der Waals surface area contributed by atoms with Crippen LogP contribution < -0.4 is 10.9 Å². The predicted octanol–water partition coefficient (Wildman–Crippen LogP) is 12.5. The zero-order valence-electron chi connectivity index (χ0n) is 34.3. The number of hydrogen-bond acceptors (Lipinski definition) is 4. The van der Waals surface area contributed by atoms with Crippen LogP contribution in [0.15, 0.2) is 167 Å². The molecular formula is C60H34O4. The average molecular weight is 819 g/mol. The summed E-state index contributed by atoms with van der Waals surface area (Å²) in [7, 11) is 0. The molecule has 298 valence electrons. The third-order valence-electron chi connectivity index (χ3n) is 15.2. The summed E-state index contributed by atoms with van der Waals surface area (Å²) in [6, 6.07) is 54.4. The van der Waals surface area contributed by atoms with Crippen molar-refractivity contribution < 1.29 is 10.2 Å². The molecule has 0 aliphatic heterocycles. The highest BCUT2D eigenvalue weighted by Gasteiger charge is 2.34. The van der Waals surface area contributed by atoms with Gasteiger partial charge >= 0.3 is 0 Å². The molecule has 11 aromatic rings. The van der Waals surface area contributed by atoms with Gasteiger partial charge < -0.3 is 10.2 Å². The van der Waals surface area contributed by atoms with E-state index in [0.29, 0.717) is 21.5 Å². The van der Waals surface area contributed by atoms with Crippen molar-refractivity contribution in [2.75, 3.05) is 0 Å². The van der Waals surface area contributed by atoms with Crippen LogP contribution in [-0.2, 0) is 12.8 Å². The quantitative estimate of drug-likeness (QED) is 0.182. The molecule has 0 fully saturated rings. The topological polar surface area (TPSA) is 74.6 Å². The molecule has 0 amide bonds. The zero-order valence-corrected chi connectivity index (χ0v) is 34.3. The Morgan fingerprint density at radius 2 is 0.734 bits per heavy atom. The van der Waals surface area contributed by atoms with E-state index in [1.165, 1.54) is 44.5 Å². The highest BCUT2D eigenvalue weighted by molar-refractivity contribution is 6.22. The van der Waals surface area contributed by atoms with Crippen molar-refractivity contribution >= 4 is 43.1 Å². The van der Waals surface area contributed by atoms with Crippen LogP contribution in [0.2, 0.25) is 0 Å². The van der Waals surface area contributed by atoms with Crippen LogP contribution in [0.3, 0.4) is 0 Å². The summed E-state index contributed by atoms with van der Waals surface area (Å²) in [4.78, 5) is 28.3. The van der Waals surface area contributed by atoms with Crippen LogP contribution >= 0.6 is 0 Å². The van der Waals surface area contributed by atoms with Crippen LogP contribution in [0, 0.1) is 0 Å². The van der Waals surface area contributed by atoms with Gasteiger partial charge in [-0.1, -0.05) is 84.9 Å². The van der Waals surface area contributed by atoms with Gasteiger partial charge in [-0.2, -0.15) is 0 Å². The lowest BCUT2D eigenvalue weighted by molar-refractivity contribution is 0.222. The summed E-state index contributed by atoms with van der Waals surface area (Å²) in [6.45, 7) is 0. The van der Waals surface area contributed by atoms with E-state index in [-0.39, 0.29) is 10.9 Å². The van der Waals surface area contributed by atoms with Crippen molar-refractivity contribution in [1.29, 1.82) is 0 Å². The molecule has 64 heavy (non-hydrogen) atoms. The lowest BCUT2D eigenvalue weighted by Crippen LogP contribution is -1.96. The van der Waals surface area contributed by atoms with Crippen molar-refractivity contribution in [2.45, 2.75) is 25.0 Å². The van der Waals surface area contributed by atoms with E-state index in [2.05, 4.69) is 78.9 Å². The van der Waals surface area contributed by atoms with Gasteiger partial charge in [0.1, 0.15) is 12.2 Å². The van der Waals surface area contributed by atoms with Gasteiger partial charge in [0.2, 0.25) is 0 Å². The summed E-state index contributed by atoms with van der Waals surface area (Å²) in [5, 5.41) is 28.6. The molecule has 4 nitrogen and oxygen atoms in total. The number of aliphatic hydroxyl groups is 2. The van der Waals surface area contributed by atoms with Crippen molar-refractivity contribution in [3.63, 3.8) is 0 Å². The Kier molecular flexibility index (Phi) is 6.54. The number of fused-ring (bicyclic) bond motifs is 18. The second-order valence-corrected chi connectivity index (χ2v) is 18.4. The van der Waals surface area contributed by atoms with Gasteiger partial charge in [0, 0.05) is 21.5 Å². The fraction of sp³-hybridized carbons (Fsp3) is 0.0667. The summed E-state index contributed by atoms with van der Waals surface area (Å²) in [6.07, 6.45) is 0.391. The Bertz CT molecular complexity index is 4100. The second-order valence-electron chi connectivity index (χ2n) is 18.4. The predicted molar refractivity (Wildman–Crippen MR) is 258 cm³/mol. The van der Waals surface area contributed by atoms with Gasteiger partial charge in [0.15, 0.2) is 10.9 Å². The summed E-state index contributed by atoms with van der Waals surface area (Å²) < 4.78 is 0. The molecule has 4 aliphatic carbocycles. The van der Waals surface area contributed by atoms with Crippen LogP contribution in [0.1, 0.15) is 56.7 Å². The van der Waals surface area contributed by atoms with E-state index in [1.54, 1.807) is 0 Å². The first-order valence-corrected chi connectivity index (χ1v) is 22.1. The molecule has 0 heterocycles. The highest BCUT2D eigenvalue weighted by Crippen LogP contribution is 2.52. The first-order valence-electron chi connectivity index (χ1n) is 22.1. The fourth-order valence-corrected chi connectivity index (χ4v) is 12.1. The third kappa shape index (κ3) is 4.43. The molecule has 0 spiro atoms. The summed E-state index contributed by atoms with van der Waals surface area (Å²) >= 11 is 0. The van der Waals surface area contributed by atoms with Gasteiger partial charge in [-0.25, -0.2) is 0 Å². The van der Waals surface area contributed by atoms with Gasteiger partial charge in [-0.15, -0.1) is 0 Å². The van der Waals surface area contributed by atoms with Crippen LogP contribution in [0.25, 0.3) is 110 Å². The molecule has 4 heteroatoms. The Labute approximate surface area is 366 Å². The molecule has 11 aromatic carbocycles. The van der Waals surface area contributed by atoms with E-state index in [0.717, 1.165) is 101 Å². The number of hydrogen-bond donors (Lipinski definition) is 2. The van der Waals surface area contributed by atoms with E-state index in [1.807, 2.05) is 78.9 Å². The molecule has 0 saturated heterocycles. The molecule has 2 atom stereocenters. The lowest BCUT2D eigenvalue weighted by Gasteiger charge is -2.10. The monoisotopic (exact) mass is 818 g/mol. The molecule has 0 saturated carbocycles. The van der Waals surface area contributed by atoms with Crippen molar-refractivity contribution in [3.8, 4) is 66.8 Å². The van der Waals surface area contributed by atoms with Crippen LogP contribution in [0.5, 0.6) is 0 Å². The Morgan fingerprint density at radius 1 is 0.297 bits per heavy atom. The average Bonchev–Trinajstić information content (AvgIpc) is 4.15. The van der Waals surface area contributed by atoms with E-state index >= 15 is 0 Å². The lowest BCUT2D eigenvalue weighted by atomic mass is 9.95. The summed E-state index contributed by atoms with van der Waals surface area (Å²) in [5.74, 6) is 0. The molecule has 2 N–H and O–H groups in total. The summed E-state index contributed by atoms with van der Waals surface area (Å²) in [5.41, 5.74) is 22.0. The van der Waals surface area contributed by atoms with Crippen molar-refractivity contribution in [2.24, 2.45) is 0 Å². The minimum atomic E-state index is -0.774. The van der Waals surface area contributed by atoms with Crippen LogP contribution in [-0.4, -0.2) is 10.2 Å². The van der Waals surface area contributed by atoms with E-state index < -0.39 is 12.2 Å². The Hall–Kier alpha value is -7.76. The maximum Gasteiger partial charge on any atom is 0.194 e. The zero-order chi connectivity index (χ0) is 42.3. The number of rotatable bonds is 2. The van der Waals surface area contributed by atoms with E-state index in [9.17, 15) is 19.8 Å². The largest absolute Gasteiger partial charge is 0.384 e. The maximum absolute atomic E-state index is 14.2. The molecule has 0 radical (unpaired) electrons. The molecule has 4 aliphatic rings. The molecule has 2 unspecified atom stereocenters. The fourth-order valence-electron chi connectivity index (χ4n) is 12.1. The Morgan fingerprint density at radius 3 is 1.39 bits per heavy atom. The standard InChI is InChI=1S/C60H34O4/c61-57-39-8-4-3-7-38(39)49-25-54-50(26-53(49)57)47-21-31(12-15-40(47)58(54)62)32-13-16-42-48(22-32)52-28-55-51(27-56(52)60(42)64)46-20-30(11-14-41(46)59(55)63)29-9-10-34-18-36-23-44-35(24-45(36)43(34)19-29)17-33-5-1-2-6-37(33)44/h1-16,19-28,57-58,61-62H,17-18H2.